The molecule has 0 saturated carbocycles. The smallest absolute Gasteiger partial charge is 0.251 e. The molecular weight excluding hydrogens is 388 g/mol. The van der Waals surface area contributed by atoms with Crippen LogP contribution in [0.1, 0.15) is 32.6 Å². The second-order valence-corrected chi connectivity index (χ2v) is 7.22. The molecule has 4 rings (SSSR count). The molecule has 1 heterocycles. The van der Waals surface area contributed by atoms with Crippen molar-refractivity contribution in [1.82, 2.24) is 20.1 Å². The molecule has 0 aliphatic carbocycles. The van der Waals surface area contributed by atoms with Gasteiger partial charge in [-0.2, -0.15) is 5.10 Å². The molecule has 1 amide bonds. The first-order valence-electron chi connectivity index (χ1n) is 10.2. The summed E-state index contributed by atoms with van der Waals surface area (Å²) in [6.45, 7) is 2.13. The fourth-order valence-corrected chi connectivity index (χ4v) is 3.26. The van der Waals surface area contributed by atoms with E-state index in [9.17, 15) is 4.79 Å². The molecule has 0 bridgehead atoms. The maximum atomic E-state index is 12.6. The predicted octanol–water partition coefficient (Wildman–Crippen LogP) is 3.97. The van der Waals surface area contributed by atoms with Gasteiger partial charge in [0.1, 0.15) is 12.7 Å². The number of carbonyl (C=O) groups excluding carboxylic acids is 1. The van der Waals surface area contributed by atoms with Gasteiger partial charge in [0.2, 0.25) is 0 Å². The molecular formula is C25H24N4O2. The summed E-state index contributed by atoms with van der Waals surface area (Å²) in [5.74, 6) is -0.104. The number of nitrogens with one attached hydrogen (secondary N) is 1. The van der Waals surface area contributed by atoms with E-state index in [4.69, 9.17) is 4.74 Å². The van der Waals surface area contributed by atoms with E-state index >= 15 is 0 Å². The molecule has 0 radical (unpaired) electrons. The van der Waals surface area contributed by atoms with E-state index in [1.165, 1.54) is 6.33 Å². The zero-order valence-corrected chi connectivity index (χ0v) is 17.1. The fraction of sp³-hybridized carbons (Fsp3) is 0.160. The lowest BCUT2D eigenvalue weighted by Crippen LogP contribution is -2.23. The van der Waals surface area contributed by atoms with Gasteiger partial charge >= 0.3 is 0 Å². The highest BCUT2D eigenvalue weighted by molar-refractivity contribution is 5.94. The summed E-state index contributed by atoms with van der Waals surface area (Å²) in [5.41, 5.74) is 4.94. The number of amides is 1. The summed E-state index contributed by atoms with van der Waals surface area (Å²) in [5, 5.41) is 7.10. The molecule has 3 aromatic carbocycles. The monoisotopic (exact) mass is 412 g/mol. The minimum absolute atomic E-state index is 0.104. The fourth-order valence-electron chi connectivity index (χ4n) is 3.26. The quantitative estimate of drug-likeness (QED) is 0.452. The van der Waals surface area contributed by atoms with Gasteiger partial charge in [-0.3, -0.25) is 4.79 Å². The van der Waals surface area contributed by atoms with E-state index in [2.05, 4.69) is 15.4 Å². The van der Waals surface area contributed by atoms with E-state index in [1.54, 1.807) is 11.0 Å². The van der Waals surface area contributed by atoms with Gasteiger partial charge in [0, 0.05) is 12.1 Å². The molecule has 4 aromatic rings. The number of carbonyl (C=O) groups is 1. The van der Waals surface area contributed by atoms with Gasteiger partial charge in [0.05, 0.1) is 19.8 Å². The summed E-state index contributed by atoms with van der Waals surface area (Å²) >= 11 is 0. The number of aromatic nitrogens is 3. The molecule has 0 fully saturated rings. The van der Waals surface area contributed by atoms with Crippen molar-refractivity contribution in [3.05, 3.63) is 119 Å². The summed E-state index contributed by atoms with van der Waals surface area (Å²) in [6, 6.07) is 25.6. The van der Waals surface area contributed by atoms with Crippen molar-refractivity contribution < 1.29 is 9.53 Å². The van der Waals surface area contributed by atoms with Crippen molar-refractivity contribution in [2.75, 3.05) is 0 Å². The van der Waals surface area contributed by atoms with Crippen LogP contribution in [0.5, 0.6) is 0 Å². The van der Waals surface area contributed by atoms with Gasteiger partial charge in [-0.1, -0.05) is 66.7 Å². The van der Waals surface area contributed by atoms with Gasteiger partial charge < -0.3 is 10.1 Å². The van der Waals surface area contributed by atoms with Crippen LogP contribution in [0.2, 0.25) is 0 Å². The van der Waals surface area contributed by atoms with Crippen molar-refractivity contribution in [2.45, 2.75) is 26.3 Å². The molecule has 31 heavy (non-hydrogen) atoms. The molecule has 0 atom stereocenters. The molecule has 156 valence electrons. The topological polar surface area (TPSA) is 69.0 Å². The zero-order chi connectivity index (χ0) is 21.3. The third-order valence-corrected chi connectivity index (χ3v) is 4.95. The number of benzene rings is 3. The van der Waals surface area contributed by atoms with E-state index in [1.807, 2.05) is 78.9 Å². The van der Waals surface area contributed by atoms with E-state index in [0.29, 0.717) is 31.9 Å². The van der Waals surface area contributed by atoms with Crippen molar-refractivity contribution in [3.8, 4) is 0 Å². The number of rotatable bonds is 9. The molecule has 0 aliphatic heterocycles. The molecule has 6 nitrogen and oxygen atoms in total. The number of hydrogen-bond donors (Lipinski definition) is 1. The second-order valence-electron chi connectivity index (χ2n) is 7.22. The first-order valence-corrected chi connectivity index (χ1v) is 10.2. The Morgan fingerprint density at radius 3 is 2.32 bits per heavy atom. The molecule has 0 unspecified atom stereocenters. The first kappa shape index (κ1) is 20.5. The molecule has 0 spiro atoms. The maximum Gasteiger partial charge on any atom is 0.251 e. The highest BCUT2D eigenvalue weighted by Crippen LogP contribution is 2.13. The Kier molecular flexibility index (Phi) is 6.82. The summed E-state index contributed by atoms with van der Waals surface area (Å²) < 4.78 is 7.61. The highest BCUT2D eigenvalue weighted by atomic mass is 16.5. The number of ether oxygens (including phenoxy) is 1. The van der Waals surface area contributed by atoms with Crippen LogP contribution in [0.25, 0.3) is 0 Å². The van der Waals surface area contributed by atoms with Crippen molar-refractivity contribution in [2.24, 2.45) is 0 Å². The van der Waals surface area contributed by atoms with Gasteiger partial charge in [-0.15, -0.1) is 0 Å². The van der Waals surface area contributed by atoms with E-state index in [0.717, 1.165) is 22.3 Å². The van der Waals surface area contributed by atoms with Crippen LogP contribution in [0.15, 0.2) is 91.5 Å². The van der Waals surface area contributed by atoms with Gasteiger partial charge in [0.25, 0.3) is 5.91 Å². The molecule has 1 N–H and O–H groups in total. The molecule has 1 aromatic heterocycles. The average molecular weight is 412 g/mol. The maximum absolute atomic E-state index is 12.6. The Bertz CT molecular complexity index is 1090. The van der Waals surface area contributed by atoms with Crippen LogP contribution in [0, 0.1) is 0 Å². The van der Waals surface area contributed by atoms with Crippen LogP contribution in [-0.2, 0) is 31.0 Å². The highest BCUT2D eigenvalue weighted by Gasteiger charge is 2.08. The normalized spacial score (nSPS) is 10.7. The summed E-state index contributed by atoms with van der Waals surface area (Å²) in [6.07, 6.45) is 3.17. The predicted molar refractivity (Wildman–Crippen MR) is 118 cm³/mol. The third-order valence-electron chi connectivity index (χ3n) is 4.95. The van der Waals surface area contributed by atoms with Crippen LogP contribution < -0.4 is 5.32 Å². The lowest BCUT2D eigenvalue weighted by molar-refractivity contribution is 0.0947. The minimum atomic E-state index is -0.104. The Morgan fingerprint density at radius 1 is 0.839 bits per heavy atom. The Balaban J connectivity index is 1.30. The van der Waals surface area contributed by atoms with Crippen LogP contribution in [0.4, 0.5) is 0 Å². The summed E-state index contributed by atoms with van der Waals surface area (Å²) in [7, 11) is 0. The molecule has 6 heteroatoms. The standard InChI is InChI=1S/C25H24N4O2/c30-25(22-12-10-20(11-13-22)15-29-19-26-18-28-29)27-14-23-8-4-5-9-24(23)17-31-16-21-6-2-1-3-7-21/h1-13,18-19H,14-17H2,(H,27,30). The lowest BCUT2D eigenvalue weighted by Gasteiger charge is -2.12. The van der Waals surface area contributed by atoms with Crippen LogP contribution in [-0.4, -0.2) is 20.7 Å². The number of nitrogens with zero attached hydrogens (tertiary/aromatic N) is 3. The Labute approximate surface area is 181 Å². The zero-order valence-electron chi connectivity index (χ0n) is 17.1. The molecule has 0 aliphatic rings. The minimum Gasteiger partial charge on any atom is -0.372 e. The largest absolute Gasteiger partial charge is 0.372 e. The lowest BCUT2D eigenvalue weighted by atomic mass is 10.1. The second kappa shape index (κ2) is 10.3. The Hall–Kier alpha value is -3.77. The van der Waals surface area contributed by atoms with Crippen molar-refractivity contribution >= 4 is 5.91 Å². The van der Waals surface area contributed by atoms with E-state index < -0.39 is 0 Å². The van der Waals surface area contributed by atoms with Gasteiger partial charge in [-0.05, 0) is 34.4 Å². The third kappa shape index (κ3) is 5.87. The van der Waals surface area contributed by atoms with E-state index in [-0.39, 0.29) is 5.91 Å². The van der Waals surface area contributed by atoms with Crippen molar-refractivity contribution in [1.29, 1.82) is 0 Å². The van der Waals surface area contributed by atoms with Crippen molar-refractivity contribution in [3.63, 3.8) is 0 Å². The van der Waals surface area contributed by atoms with Gasteiger partial charge in [-0.25, -0.2) is 9.67 Å². The van der Waals surface area contributed by atoms with Crippen LogP contribution >= 0.6 is 0 Å². The Morgan fingerprint density at radius 2 is 1.58 bits per heavy atom. The SMILES string of the molecule is O=C(NCc1ccccc1COCc1ccccc1)c1ccc(Cn2cncn2)cc1. The summed E-state index contributed by atoms with van der Waals surface area (Å²) in [4.78, 5) is 16.5. The number of hydrogen-bond acceptors (Lipinski definition) is 4. The van der Waals surface area contributed by atoms with Gasteiger partial charge in [0.15, 0.2) is 0 Å². The average Bonchev–Trinajstić information content (AvgIpc) is 3.32. The molecule has 0 saturated heterocycles. The first-order chi connectivity index (χ1) is 15.3. The van der Waals surface area contributed by atoms with Crippen LogP contribution in [0.3, 0.4) is 0 Å².